The lowest BCUT2D eigenvalue weighted by Crippen LogP contribution is -1.91. The Morgan fingerprint density at radius 3 is 2.94 bits per heavy atom. The molecule has 2 heterocycles. The molecular weight excluding hydrogens is 217 g/mol. The van der Waals surface area contributed by atoms with Crippen LogP contribution in [0.5, 0.6) is 0 Å². The standard InChI is InChI=1S/C13H10FN3/c14-10-2-1-3-11(7-10)17-12-6-9-4-5-15-13(9)16-8-12/h1-8,17H,(H,15,16). The van der Waals surface area contributed by atoms with Gasteiger partial charge in [-0.15, -0.1) is 0 Å². The van der Waals surface area contributed by atoms with Gasteiger partial charge in [-0.1, -0.05) is 6.07 Å². The van der Waals surface area contributed by atoms with Crippen molar-refractivity contribution in [3.8, 4) is 0 Å². The molecule has 0 spiro atoms. The maximum Gasteiger partial charge on any atom is 0.137 e. The summed E-state index contributed by atoms with van der Waals surface area (Å²) in [6.45, 7) is 0. The van der Waals surface area contributed by atoms with Crippen molar-refractivity contribution in [2.24, 2.45) is 0 Å². The smallest absolute Gasteiger partial charge is 0.137 e. The number of rotatable bonds is 2. The number of halogens is 1. The Labute approximate surface area is 97.3 Å². The predicted octanol–water partition coefficient (Wildman–Crippen LogP) is 3.45. The Morgan fingerprint density at radius 2 is 2.06 bits per heavy atom. The summed E-state index contributed by atoms with van der Waals surface area (Å²) in [5.74, 6) is -0.259. The molecule has 0 aliphatic carbocycles. The maximum absolute atomic E-state index is 13.0. The second kappa shape index (κ2) is 3.90. The zero-order chi connectivity index (χ0) is 11.7. The molecule has 3 aromatic rings. The summed E-state index contributed by atoms with van der Waals surface area (Å²) in [4.78, 5) is 7.27. The van der Waals surface area contributed by atoms with Crippen molar-refractivity contribution in [1.29, 1.82) is 0 Å². The summed E-state index contributed by atoms with van der Waals surface area (Å²) in [5, 5.41) is 4.13. The summed E-state index contributed by atoms with van der Waals surface area (Å²) >= 11 is 0. The average Bonchev–Trinajstić information content (AvgIpc) is 2.76. The van der Waals surface area contributed by atoms with Crippen molar-refractivity contribution >= 4 is 22.4 Å². The summed E-state index contributed by atoms with van der Waals surface area (Å²) < 4.78 is 13.0. The molecule has 0 bridgehead atoms. The molecule has 0 aliphatic rings. The SMILES string of the molecule is Fc1cccc(Nc2cnc3[nH]ccc3c2)c1. The number of hydrogen-bond donors (Lipinski definition) is 2. The number of aromatic amines is 1. The van der Waals surface area contributed by atoms with E-state index in [4.69, 9.17) is 0 Å². The molecular formula is C13H10FN3. The molecule has 0 atom stereocenters. The molecule has 2 N–H and O–H groups in total. The third-order valence-corrected chi connectivity index (χ3v) is 2.51. The second-order valence-corrected chi connectivity index (χ2v) is 3.77. The zero-order valence-corrected chi connectivity index (χ0v) is 8.94. The van der Waals surface area contributed by atoms with E-state index in [1.807, 2.05) is 24.4 Å². The number of aromatic nitrogens is 2. The first-order valence-corrected chi connectivity index (χ1v) is 5.27. The van der Waals surface area contributed by atoms with Crippen LogP contribution in [0.4, 0.5) is 15.8 Å². The van der Waals surface area contributed by atoms with Gasteiger partial charge in [0.15, 0.2) is 0 Å². The number of nitrogens with zero attached hydrogens (tertiary/aromatic N) is 1. The fourth-order valence-corrected chi connectivity index (χ4v) is 1.74. The molecule has 0 unspecified atom stereocenters. The van der Waals surface area contributed by atoms with Crippen molar-refractivity contribution in [2.45, 2.75) is 0 Å². The summed E-state index contributed by atoms with van der Waals surface area (Å²) in [5.41, 5.74) is 2.39. The van der Waals surface area contributed by atoms with E-state index in [-0.39, 0.29) is 5.82 Å². The number of H-pyrrole nitrogens is 1. The van der Waals surface area contributed by atoms with Gasteiger partial charge in [0.2, 0.25) is 0 Å². The lowest BCUT2D eigenvalue weighted by molar-refractivity contribution is 0.628. The minimum Gasteiger partial charge on any atom is -0.354 e. The van der Waals surface area contributed by atoms with Gasteiger partial charge in [0.05, 0.1) is 11.9 Å². The van der Waals surface area contributed by atoms with Crippen LogP contribution in [-0.4, -0.2) is 9.97 Å². The molecule has 0 amide bonds. The van der Waals surface area contributed by atoms with Crippen LogP contribution in [0.15, 0.2) is 48.8 Å². The Morgan fingerprint density at radius 1 is 1.12 bits per heavy atom. The minimum atomic E-state index is -0.259. The van der Waals surface area contributed by atoms with E-state index in [9.17, 15) is 4.39 Å². The fourth-order valence-electron chi connectivity index (χ4n) is 1.74. The van der Waals surface area contributed by atoms with Gasteiger partial charge in [0.1, 0.15) is 11.5 Å². The van der Waals surface area contributed by atoms with Gasteiger partial charge in [-0.25, -0.2) is 9.37 Å². The van der Waals surface area contributed by atoms with E-state index in [0.717, 1.165) is 16.7 Å². The van der Waals surface area contributed by atoms with Crippen LogP contribution in [0.25, 0.3) is 11.0 Å². The van der Waals surface area contributed by atoms with E-state index >= 15 is 0 Å². The van der Waals surface area contributed by atoms with Crippen LogP contribution in [0.3, 0.4) is 0 Å². The highest BCUT2D eigenvalue weighted by Gasteiger charge is 1.99. The van der Waals surface area contributed by atoms with E-state index in [1.165, 1.54) is 12.1 Å². The number of fused-ring (bicyclic) bond motifs is 1. The molecule has 0 fully saturated rings. The molecule has 4 heteroatoms. The van der Waals surface area contributed by atoms with Crippen molar-refractivity contribution in [2.75, 3.05) is 5.32 Å². The molecule has 0 radical (unpaired) electrons. The number of pyridine rings is 1. The largest absolute Gasteiger partial charge is 0.354 e. The molecule has 3 rings (SSSR count). The Balaban J connectivity index is 1.94. The first kappa shape index (κ1) is 9.84. The topological polar surface area (TPSA) is 40.7 Å². The fraction of sp³-hybridized carbons (Fsp3) is 0. The molecule has 1 aromatic carbocycles. The lowest BCUT2D eigenvalue weighted by atomic mass is 10.2. The lowest BCUT2D eigenvalue weighted by Gasteiger charge is -2.05. The monoisotopic (exact) mass is 227 g/mol. The number of anilines is 2. The minimum absolute atomic E-state index is 0.259. The summed E-state index contributed by atoms with van der Waals surface area (Å²) in [6, 6.07) is 10.2. The third kappa shape index (κ3) is 1.97. The van der Waals surface area contributed by atoms with E-state index < -0.39 is 0 Å². The Kier molecular flexibility index (Phi) is 2.26. The van der Waals surface area contributed by atoms with Gasteiger partial charge >= 0.3 is 0 Å². The molecule has 84 valence electrons. The first-order chi connectivity index (χ1) is 8.31. The van der Waals surface area contributed by atoms with Crippen LogP contribution >= 0.6 is 0 Å². The van der Waals surface area contributed by atoms with Crippen LogP contribution in [0.1, 0.15) is 0 Å². The molecule has 3 nitrogen and oxygen atoms in total. The quantitative estimate of drug-likeness (QED) is 0.704. The van der Waals surface area contributed by atoms with Crippen molar-refractivity contribution in [1.82, 2.24) is 9.97 Å². The van der Waals surface area contributed by atoms with Gasteiger partial charge < -0.3 is 10.3 Å². The van der Waals surface area contributed by atoms with E-state index in [1.54, 1.807) is 12.3 Å². The first-order valence-electron chi connectivity index (χ1n) is 5.27. The predicted molar refractivity (Wildman–Crippen MR) is 65.8 cm³/mol. The second-order valence-electron chi connectivity index (χ2n) is 3.77. The van der Waals surface area contributed by atoms with Gasteiger partial charge in [-0.05, 0) is 30.3 Å². The number of hydrogen-bond acceptors (Lipinski definition) is 2. The van der Waals surface area contributed by atoms with Gasteiger partial charge in [0, 0.05) is 17.3 Å². The van der Waals surface area contributed by atoms with E-state index in [0.29, 0.717) is 5.69 Å². The molecule has 0 aliphatic heterocycles. The number of benzene rings is 1. The van der Waals surface area contributed by atoms with Gasteiger partial charge in [-0.3, -0.25) is 0 Å². The highest BCUT2D eigenvalue weighted by atomic mass is 19.1. The van der Waals surface area contributed by atoms with Crippen LogP contribution in [0, 0.1) is 5.82 Å². The normalized spacial score (nSPS) is 10.6. The van der Waals surface area contributed by atoms with Crippen LogP contribution in [0.2, 0.25) is 0 Å². The Hall–Kier alpha value is -2.36. The van der Waals surface area contributed by atoms with Crippen LogP contribution < -0.4 is 5.32 Å². The van der Waals surface area contributed by atoms with Crippen molar-refractivity contribution < 1.29 is 4.39 Å². The highest BCUT2D eigenvalue weighted by molar-refractivity contribution is 5.80. The molecule has 2 aromatic heterocycles. The van der Waals surface area contributed by atoms with Crippen LogP contribution in [-0.2, 0) is 0 Å². The van der Waals surface area contributed by atoms with Gasteiger partial charge in [-0.2, -0.15) is 0 Å². The van der Waals surface area contributed by atoms with Crippen molar-refractivity contribution in [3.63, 3.8) is 0 Å². The number of nitrogens with one attached hydrogen (secondary N) is 2. The molecule has 17 heavy (non-hydrogen) atoms. The highest BCUT2D eigenvalue weighted by Crippen LogP contribution is 2.20. The summed E-state index contributed by atoms with van der Waals surface area (Å²) in [6.07, 6.45) is 3.55. The third-order valence-electron chi connectivity index (χ3n) is 2.51. The maximum atomic E-state index is 13.0. The van der Waals surface area contributed by atoms with Gasteiger partial charge in [0.25, 0.3) is 0 Å². The summed E-state index contributed by atoms with van der Waals surface area (Å²) in [7, 11) is 0. The Bertz CT molecular complexity index is 660. The van der Waals surface area contributed by atoms with E-state index in [2.05, 4.69) is 15.3 Å². The average molecular weight is 227 g/mol. The molecule has 0 saturated carbocycles. The zero-order valence-electron chi connectivity index (χ0n) is 8.94. The molecule has 0 saturated heterocycles. The van der Waals surface area contributed by atoms with Crippen molar-refractivity contribution in [3.05, 3.63) is 54.6 Å².